The highest BCUT2D eigenvalue weighted by atomic mass is 19.4. The lowest BCUT2D eigenvalue weighted by atomic mass is 9.91. The van der Waals surface area contributed by atoms with Gasteiger partial charge in [0.25, 0.3) is 11.8 Å². The molecule has 2 amide bonds. The highest BCUT2D eigenvalue weighted by Gasteiger charge is 2.46. The van der Waals surface area contributed by atoms with E-state index in [2.05, 4.69) is 0 Å². The molecule has 3 atom stereocenters. The zero-order valence-corrected chi connectivity index (χ0v) is 15.0. The zero-order chi connectivity index (χ0) is 19.6. The van der Waals surface area contributed by atoms with Gasteiger partial charge in [-0.15, -0.1) is 0 Å². The number of aryl methyl sites for hydroxylation is 1. The van der Waals surface area contributed by atoms with Crippen molar-refractivity contribution in [1.82, 2.24) is 9.80 Å². The van der Waals surface area contributed by atoms with Crippen LogP contribution in [0.15, 0.2) is 24.3 Å². The highest BCUT2D eigenvalue weighted by molar-refractivity contribution is 5.94. The summed E-state index contributed by atoms with van der Waals surface area (Å²) in [4.78, 5) is 27.0. The van der Waals surface area contributed by atoms with Crippen molar-refractivity contribution >= 4 is 11.8 Å². The van der Waals surface area contributed by atoms with Crippen molar-refractivity contribution in [2.75, 3.05) is 20.1 Å². The molecule has 5 nitrogen and oxygen atoms in total. The molecule has 0 spiro atoms. The van der Waals surface area contributed by atoms with Crippen LogP contribution in [0.1, 0.15) is 29.3 Å². The van der Waals surface area contributed by atoms with Crippen LogP contribution >= 0.6 is 0 Å². The Balaban J connectivity index is 2.03. The predicted octanol–water partition coefficient (Wildman–Crippen LogP) is 2.23. The number of alkyl halides is 3. The van der Waals surface area contributed by atoms with Crippen LogP contribution in [0.4, 0.5) is 13.2 Å². The maximum Gasteiger partial charge on any atom is 0.423 e. The number of piperidine rings is 1. The Morgan fingerprint density at radius 3 is 2.35 bits per heavy atom. The number of hydrogen-bond donors (Lipinski definition) is 1. The van der Waals surface area contributed by atoms with Crippen molar-refractivity contribution in [2.45, 2.75) is 38.6 Å². The third-order valence-electron chi connectivity index (χ3n) is 4.83. The fraction of sp³-hybridized carbons (Fsp3) is 0.556. The number of halogens is 3. The average Bonchev–Trinajstić information content (AvgIpc) is 2.59. The summed E-state index contributed by atoms with van der Waals surface area (Å²) in [5, 5.41) is 9.15. The third kappa shape index (κ3) is 4.35. The first kappa shape index (κ1) is 20.2. The van der Waals surface area contributed by atoms with Crippen LogP contribution in [0.2, 0.25) is 0 Å². The molecule has 1 aromatic rings. The number of aliphatic hydroxyl groups excluding tert-OH is 1. The lowest BCUT2D eigenvalue weighted by Gasteiger charge is -2.41. The molecule has 1 saturated heterocycles. The first-order chi connectivity index (χ1) is 12.0. The van der Waals surface area contributed by atoms with Crippen LogP contribution in [-0.2, 0) is 4.79 Å². The average molecular weight is 372 g/mol. The molecule has 0 aromatic heterocycles. The van der Waals surface area contributed by atoms with Gasteiger partial charge < -0.3 is 14.9 Å². The van der Waals surface area contributed by atoms with E-state index in [4.69, 9.17) is 5.11 Å². The van der Waals surface area contributed by atoms with E-state index in [-0.39, 0.29) is 31.0 Å². The first-order valence-corrected chi connectivity index (χ1v) is 8.39. The van der Waals surface area contributed by atoms with Crippen molar-refractivity contribution in [3.05, 3.63) is 35.4 Å². The summed E-state index contributed by atoms with van der Waals surface area (Å²) in [5.41, 5.74) is 1.57. The van der Waals surface area contributed by atoms with E-state index >= 15 is 0 Å². The van der Waals surface area contributed by atoms with Crippen LogP contribution in [0.5, 0.6) is 0 Å². The summed E-state index contributed by atoms with van der Waals surface area (Å²) in [5.74, 6) is -1.72. The van der Waals surface area contributed by atoms with Crippen LogP contribution in [-0.4, -0.2) is 65.2 Å². The van der Waals surface area contributed by atoms with E-state index in [9.17, 15) is 22.8 Å². The van der Waals surface area contributed by atoms with Gasteiger partial charge in [-0.1, -0.05) is 24.6 Å². The number of nitrogens with zero attached hydrogens (tertiary/aromatic N) is 2. The molecule has 1 aromatic carbocycles. The van der Waals surface area contributed by atoms with Crippen LogP contribution in [0.3, 0.4) is 0 Å². The Morgan fingerprint density at radius 1 is 1.27 bits per heavy atom. The lowest BCUT2D eigenvalue weighted by Crippen LogP contribution is -2.55. The molecule has 0 aliphatic carbocycles. The second kappa shape index (κ2) is 7.65. The van der Waals surface area contributed by atoms with Crippen molar-refractivity contribution in [3.63, 3.8) is 0 Å². The molecule has 1 heterocycles. The molecule has 2 rings (SSSR count). The quantitative estimate of drug-likeness (QED) is 0.885. The van der Waals surface area contributed by atoms with Crippen molar-refractivity contribution in [3.8, 4) is 0 Å². The molecule has 1 aliphatic rings. The van der Waals surface area contributed by atoms with Gasteiger partial charge in [0.2, 0.25) is 6.10 Å². The van der Waals surface area contributed by atoms with Gasteiger partial charge >= 0.3 is 6.18 Å². The largest absolute Gasteiger partial charge is 0.423 e. The van der Waals surface area contributed by atoms with E-state index in [0.717, 1.165) is 10.5 Å². The predicted molar refractivity (Wildman–Crippen MR) is 89.5 cm³/mol. The summed E-state index contributed by atoms with van der Waals surface area (Å²) in [7, 11) is 1.66. The van der Waals surface area contributed by atoms with Gasteiger partial charge in [0.05, 0.1) is 0 Å². The van der Waals surface area contributed by atoms with E-state index in [1.165, 1.54) is 0 Å². The number of carbonyl (C=O) groups excluding carboxylic acids is 2. The molecule has 0 bridgehead atoms. The van der Waals surface area contributed by atoms with Gasteiger partial charge in [-0.05, 0) is 31.4 Å². The topological polar surface area (TPSA) is 60.9 Å². The molecule has 26 heavy (non-hydrogen) atoms. The van der Waals surface area contributed by atoms with Crippen molar-refractivity contribution < 1.29 is 27.9 Å². The summed E-state index contributed by atoms with van der Waals surface area (Å²) in [6, 6.07) is 6.94. The van der Waals surface area contributed by atoms with Gasteiger partial charge in [0.15, 0.2) is 0 Å². The summed E-state index contributed by atoms with van der Waals surface area (Å²) in [6.07, 6.45) is -7.63. The monoisotopic (exact) mass is 372 g/mol. The Kier molecular flexibility index (Phi) is 5.95. The molecule has 1 N–H and O–H groups in total. The Hall–Kier alpha value is -2.09. The second-order valence-corrected chi connectivity index (χ2v) is 6.84. The fourth-order valence-corrected chi connectivity index (χ4v) is 3.27. The summed E-state index contributed by atoms with van der Waals surface area (Å²) < 4.78 is 37.6. The highest BCUT2D eigenvalue weighted by Crippen LogP contribution is 2.26. The van der Waals surface area contributed by atoms with Gasteiger partial charge in [0, 0.05) is 31.7 Å². The van der Waals surface area contributed by atoms with Crippen molar-refractivity contribution in [2.24, 2.45) is 5.92 Å². The Bertz CT molecular complexity index is 661. The Morgan fingerprint density at radius 2 is 1.85 bits per heavy atom. The molecule has 1 aliphatic heterocycles. The maximum absolute atomic E-state index is 12.6. The van der Waals surface area contributed by atoms with Gasteiger partial charge in [0.1, 0.15) is 0 Å². The SMILES string of the molecule is Cc1ccc(C(=O)N(C)C2CCN(C(=O)[C@@H](O)C(F)(F)F)CC2C)cc1. The molecule has 8 heteroatoms. The number of aliphatic hydroxyl groups is 1. The van der Waals surface area contributed by atoms with E-state index < -0.39 is 18.2 Å². The number of likely N-dealkylation sites (tertiary alicyclic amines) is 1. The van der Waals surface area contributed by atoms with Gasteiger partial charge in [-0.3, -0.25) is 9.59 Å². The van der Waals surface area contributed by atoms with Crippen molar-refractivity contribution in [1.29, 1.82) is 0 Å². The number of benzene rings is 1. The van der Waals surface area contributed by atoms with Gasteiger partial charge in [-0.2, -0.15) is 13.2 Å². The maximum atomic E-state index is 12.6. The van der Waals surface area contributed by atoms with Crippen LogP contribution < -0.4 is 0 Å². The van der Waals surface area contributed by atoms with E-state index in [1.54, 1.807) is 31.0 Å². The molecule has 2 unspecified atom stereocenters. The van der Waals surface area contributed by atoms with Crippen LogP contribution in [0, 0.1) is 12.8 Å². The third-order valence-corrected chi connectivity index (χ3v) is 4.83. The minimum atomic E-state index is -4.98. The summed E-state index contributed by atoms with van der Waals surface area (Å²) in [6.45, 7) is 3.82. The zero-order valence-electron chi connectivity index (χ0n) is 15.0. The molecule has 0 saturated carbocycles. The van der Waals surface area contributed by atoms with E-state index in [0.29, 0.717) is 12.0 Å². The molecule has 144 valence electrons. The van der Waals surface area contributed by atoms with Crippen LogP contribution in [0.25, 0.3) is 0 Å². The first-order valence-electron chi connectivity index (χ1n) is 8.39. The molecule has 0 radical (unpaired) electrons. The number of amides is 2. The summed E-state index contributed by atoms with van der Waals surface area (Å²) >= 11 is 0. The van der Waals surface area contributed by atoms with E-state index in [1.807, 2.05) is 19.1 Å². The lowest BCUT2D eigenvalue weighted by molar-refractivity contribution is -0.211. The number of hydrogen-bond acceptors (Lipinski definition) is 3. The molecular formula is C18H23F3N2O3. The molecule has 1 fully saturated rings. The number of carbonyl (C=O) groups is 2. The molecular weight excluding hydrogens is 349 g/mol. The number of rotatable bonds is 3. The fourth-order valence-electron chi connectivity index (χ4n) is 3.27. The smallest absolute Gasteiger partial charge is 0.376 e. The minimum Gasteiger partial charge on any atom is -0.376 e. The van der Waals surface area contributed by atoms with Gasteiger partial charge in [-0.25, -0.2) is 0 Å². The second-order valence-electron chi connectivity index (χ2n) is 6.84. The standard InChI is InChI=1S/C18H23F3N2O3/c1-11-4-6-13(7-5-11)16(25)22(3)14-8-9-23(10-12(14)2)17(26)15(24)18(19,20)21/h4-7,12,14-15,24H,8-10H2,1-3H3/t12?,14?,15-/m1/s1. The Labute approximate surface area is 150 Å². The minimum absolute atomic E-state index is 0.0577. The normalized spacial score (nSPS) is 22.0.